The van der Waals surface area contributed by atoms with E-state index in [4.69, 9.17) is 0 Å². The summed E-state index contributed by atoms with van der Waals surface area (Å²) in [6.45, 7) is 4.51. The van der Waals surface area contributed by atoms with E-state index in [2.05, 4.69) is 33.8 Å². The van der Waals surface area contributed by atoms with Crippen molar-refractivity contribution in [3.05, 3.63) is 0 Å². The van der Waals surface area contributed by atoms with Crippen LogP contribution in [0.2, 0.25) is 0 Å². The van der Waals surface area contributed by atoms with Crippen molar-refractivity contribution in [3.8, 4) is 0 Å². The zero-order valence-electron chi connectivity index (χ0n) is 9.26. The molecule has 1 aliphatic rings. The van der Waals surface area contributed by atoms with E-state index in [1.54, 1.807) is 0 Å². The van der Waals surface area contributed by atoms with Gasteiger partial charge in [-0.2, -0.15) is 0 Å². The van der Waals surface area contributed by atoms with E-state index in [0.717, 1.165) is 11.8 Å². The van der Waals surface area contributed by atoms with Gasteiger partial charge in [-0.05, 0) is 38.8 Å². The first kappa shape index (κ1) is 12.7. The van der Waals surface area contributed by atoms with Crippen LogP contribution in [0.3, 0.4) is 0 Å². The van der Waals surface area contributed by atoms with Crippen LogP contribution in [0.1, 0.15) is 45.4 Å². The highest BCUT2D eigenvalue weighted by Crippen LogP contribution is 2.37. The van der Waals surface area contributed by atoms with Gasteiger partial charge in [0.05, 0.1) is 0 Å². The molecule has 0 aromatic heterocycles. The van der Waals surface area contributed by atoms with Crippen LogP contribution < -0.4 is 5.32 Å². The minimum atomic E-state index is 0.966. The maximum Gasteiger partial charge on any atom is 0.0151 e. The summed E-state index contributed by atoms with van der Waals surface area (Å²) in [4.78, 5) is 0. The van der Waals surface area contributed by atoms with Gasteiger partial charge in [0, 0.05) is 11.0 Å². The molecule has 1 nitrogen and oxygen atoms in total. The van der Waals surface area contributed by atoms with Crippen molar-refractivity contribution < 1.29 is 0 Å². The Morgan fingerprint density at radius 2 is 2.21 bits per heavy atom. The summed E-state index contributed by atoms with van der Waals surface area (Å²) in [6, 6.07) is 0. The highest BCUT2D eigenvalue weighted by molar-refractivity contribution is 8.77. The summed E-state index contributed by atoms with van der Waals surface area (Å²) in [6.07, 6.45) is 8.56. The summed E-state index contributed by atoms with van der Waals surface area (Å²) in [7, 11) is 4.21. The zero-order chi connectivity index (χ0) is 10.1. The van der Waals surface area contributed by atoms with Crippen molar-refractivity contribution in [1.82, 2.24) is 5.32 Å². The fourth-order valence-electron chi connectivity index (χ4n) is 1.73. The fraction of sp³-hybridized carbons (Fsp3) is 1.00. The van der Waals surface area contributed by atoms with E-state index >= 15 is 0 Å². The topological polar surface area (TPSA) is 12.0 Å². The fourth-order valence-corrected chi connectivity index (χ4v) is 4.63. The third-order valence-electron chi connectivity index (χ3n) is 2.59. The summed E-state index contributed by atoms with van der Waals surface area (Å²) in [5.41, 5.74) is 0. The molecule has 0 aromatic rings. The first-order chi connectivity index (χ1) is 6.93. The number of hydrogen-bond acceptors (Lipinski definition) is 3. The maximum atomic E-state index is 3.38. The number of rotatable bonds is 7. The molecule has 14 heavy (non-hydrogen) atoms. The Labute approximate surface area is 96.6 Å². The molecule has 0 radical (unpaired) electrons. The maximum absolute atomic E-state index is 3.38. The number of unbranched alkanes of at least 4 members (excludes halogenated alkanes) is 2. The van der Waals surface area contributed by atoms with Gasteiger partial charge in [-0.1, -0.05) is 41.4 Å². The Hall–Kier alpha value is 0.660. The highest BCUT2D eigenvalue weighted by Gasteiger charge is 2.13. The van der Waals surface area contributed by atoms with Crippen LogP contribution in [-0.4, -0.2) is 24.1 Å². The molecule has 0 spiro atoms. The van der Waals surface area contributed by atoms with Crippen molar-refractivity contribution in [2.45, 2.75) is 50.7 Å². The SMILES string of the molecule is CCNCCCCCC1CCCSS1. The second kappa shape index (κ2) is 8.93. The van der Waals surface area contributed by atoms with Crippen molar-refractivity contribution in [1.29, 1.82) is 0 Å². The molecule has 1 atom stereocenters. The third-order valence-corrected chi connectivity index (χ3v) is 5.65. The molecule has 1 heterocycles. The van der Waals surface area contributed by atoms with E-state index in [9.17, 15) is 0 Å². The van der Waals surface area contributed by atoms with Crippen LogP contribution in [0.5, 0.6) is 0 Å². The molecule has 1 rings (SSSR count). The predicted molar refractivity (Wildman–Crippen MR) is 70.1 cm³/mol. The van der Waals surface area contributed by atoms with Gasteiger partial charge in [-0.25, -0.2) is 0 Å². The Kier molecular flexibility index (Phi) is 8.12. The van der Waals surface area contributed by atoms with Crippen LogP contribution >= 0.6 is 21.6 Å². The second-order valence-corrected chi connectivity index (χ2v) is 6.67. The molecule has 1 saturated heterocycles. The lowest BCUT2D eigenvalue weighted by Gasteiger charge is -2.19. The molecular formula is C11H23NS2. The molecule has 1 unspecified atom stereocenters. The lowest BCUT2D eigenvalue weighted by atomic mass is 10.1. The average Bonchev–Trinajstić information content (AvgIpc) is 2.25. The Morgan fingerprint density at radius 3 is 2.93 bits per heavy atom. The van der Waals surface area contributed by atoms with Gasteiger partial charge in [0.25, 0.3) is 0 Å². The lowest BCUT2D eigenvalue weighted by molar-refractivity contribution is 0.577. The van der Waals surface area contributed by atoms with E-state index in [1.807, 2.05) is 0 Å². The predicted octanol–water partition coefficient (Wildman–Crippen LogP) is 3.70. The highest BCUT2D eigenvalue weighted by atomic mass is 33.1. The smallest absolute Gasteiger partial charge is 0.0151 e. The standard InChI is InChI=1S/C11H23NS2/c1-2-12-9-5-3-4-7-11-8-6-10-13-14-11/h11-12H,2-10H2,1H3. The van der Waals surface area contributed by atoms with Gasteiger partial charge in [0.2, 0.25) is 0 Å². The minimum absolute atomic E-state index is 0.966. The molecule has 1 N–H and O–H groups in total. The van der Waals surface area contributed by atoms with E-state index in [1.165, 1.54) is 50.8 Å². The van der Waals surface area contributed by atoms with Crippen molar-refractivity contribution in [2.75, 3.05) is 18.8 Å². The molecule has 0 aromatic carbocycles. The monoisotopic (exact) mass is 233 g/mol. The van der Waals surface area contributed by atoms with Crippen LogP contribution in [0.15, 0.2) is 0 Å². The summed E-state index contributed by atoms with van der Waals surface area (Å²) in [5.74, 6) is 1.38. The molecule has 3 heteroatoms. The van der Waals surface area contributed by atoms with Gasteiger partial charge in [0.1, 0.15) is 0 Å². The van der Waals surface area contributed by atoms with Gasteiger partial charge in [0.15, 0.2) is 0 Å². The largest absolute Gasteiger partial charge is 0.317 e. The first-order valence-electron chi connectivity index (χ1n) is 5.92. The number of hydrogen-bond donors (Lipinski definition) is 1. The molecular weight excluding hydrogens is 210 g/mol. The molecule has 0 bridgehead atoms. The van der Waals surface area contributed by atoms with Crippen molar-refractivity contribution in [3.63, 3.8) is 0 Å². The summed E-state index contributed by atoms with van der Waals surface area (Å²) in [5, 5.41) is 4.34. The lowest BCUT2D eigenvalue weighted by Crippen LogP contribution is -2.14. The Balaban J connectivity index is 1.82. The van der Waals surface area contributed by atoms with Crippen molar-refractivity contribution in [2.24, 2.45) is 0 Å². The minimum Gasteiger partial charge on any atom is -0.317 e. The van der Waals surface area contributed by atoms with Gasteiger partial charge in [-0.3, -0.25) is 0 Å². The normalized spacial score (nSPS) is 22.5. The van der Waals surface area contributed by atoms with E-state index in [0.29, 0.717) is 0 Å². The van der Waals surface area contributed by atoms with E-state index < -0.39 is 0 Å². The summed E-state index contributed by atoms with van der Waals surface area (Å²) >= 11 is 0. The quantitative estimate of drug-likeness (QED) is 0.532. The Morgan fingerprint density at radius 1 is 1.29 bits per heavy atom. The molecule has 0 saturated carbocycles. The zero-order valence-corrected chi connectivity index (χ0v) is 10.9. The van der Waals surface area contributed by atoms with E-state index in [-0.39, 0.29) is 0 Å². The average molecular weight is 233 g/mol. The van der Waals surface area contributed by atoms with Crippen LogP contribution in [-0.2, 0) is 0 Å². The summed E-state index contributed by atoms with van der Waals surface area (Å²) < 4.78 is 0. The van der Waals surface area contributed by atoms with Gasteiger partial charge < -0.3 is 5.32 Å². The van der Waals surface area contributed by atoms with Crippen LogP contribution in [0.25, 0.3) is 0 Å². The van der Waals surface area contributed by atoms with Crippen molar-refractivity contribution >= 4 is 21.6 Å². The van der Waals surface area contributed by atoms with Gasteiger partial charge >= 0.3 is 0 Å². The van der Waals surface area contributed by atoms with Crippen LogP contribution in [0.4, 0.5) is 0 Å². The second-order valence-electron chi connectivity index (χ2n) is 3.89. The van der Waals surface area contributed by atoms with Crippen LogP contribution in [0, 0.1) is 0 Å². The molecule has 1 fully saturated rings. The first-order valence-corrected chi connectivity index (χ1v) is 8.30. The molecule has 84 valence electrons. The third kappa shape index (κ3) is 6.20. The molecule has 1 aliphatic heterocycles. The molecule has 0 aliphatic carbocycles. The number of nitrogens with one attached hydrogen (secondary N) is 1. The Bertz CT molecular complexity index is 124. The molecule has 0 amide bonds. The van der Waals surface area contributed by atoms with Gasteiger partial charge in [-0.15, -0.1) is 0 Å².